The highest BCUT2D eigenvalue weighted by Crippen LogP contribution is 2.19. The van der Waals surface area contributed by atoms with Crippen molar-refractivity contribution in [1.29, 1.82) is 0 Å². The first kappa shape index (κ1) is 21.1. The van der Waals surface area contributed by atoms with Crippen molar-refractivity contribution in [3.05, 3.63) is 18.5 Å². The molecule has 0 unspecified atom stereocenters. The van der Waals surface area contributed by atoms with Crippen molar-refractivity contribution in [3.8, 4) is 0 Å². The lowest BCUT2D eigenvalue weighted by atomic mass is 10.2. The van der Waals surface area contributed by atoms with Crippen molar-refractivity contribution in [2.75, 3.05) is 44.6 Å². The van der Waals surface area contributed by atoms with E-state index in [1.165, 1.54) is 8.61 Å². The Morgan fingerprint density at radius 1 is 1.11 bits per heavy atom. The van der Waals surface area contributed by atoms with E-state index in [1.54, 1.807) is 25.4 Å². The molecule has 2 aliphatic rings. The molecule has 0 aromatic carbocycles. The van der Waals surface area contributed by atoms with Crippen LogP contribution < -0.4 is 5.32 Å². The summed E-state index contributed by atoms with van der Waals surface area (Å²) >= 11 is 0. The second-order valence-electron chi connectivity index (χ2n) is 7.25. The van der Waals surface area contributed by atoms with Crippen molar-refractivity contribution in [2.45, 2.75) is 39.0 Å². The van der Waals surface area contributed by atoms with Crippen LogP contribution in [0, 0.1) is 0 Å². The molecule has 0 aliphatic carbocycles. The van der Waals surface area contributed by atoms with E-state index in [2.05, 4.69) is 15.3 Å². The van der Waals surface area contributed by atoms with Crippen LogP contribution in [0.1, 0.15) is 20.8 Å². The van der Waals surface area contributed by atoms with E-state index in [-0.39, 0.29) is 24.1 Å². The molecule has 3 heterocycles. The first-order chi connectivity index (χ1) is 13.3. The minimum atomic E-state index is -3.53. The van der Waals surface area contributed by atoms with Crippen molar-refractivity contribution in [2.24, 2.45) is 0 Å². The molecule has 10 nitrogen and oxygen atoms in total. The van der Waals surface area contributed by atoms with Crippen molar-refractivity contribution >= 4 is 22.1 Å². The fourth-order valence-corrected chi connectivity index (χ4v) is 5.30. The molecule has 1 aromatic rings. The van der Waals surface area contributed by atoms with Gasteiger partial charge in [0, 0.05) is 51.7 Å². The molecule has 11 heteroatoms. The van der Waals surface area contributed by atoms with Gasteiger partial charge < -0.3 is 4.74 Å². The number of amides is 1. The zero-order valence-electron chi connectivity index (χ0n) is 16.5. The molecule has 0 saturated carbocycles. The average molecular weight is 413 g/mol. The smallest absolute Gasteiger partial charge is 0.282 e. The summed E-state index contributed by atoms with van der Waals surface area (Å²) in [4.78, 5) is 22.4. The number of nitrogens with one attached hydrogen (secondary N) is 1. The number of piperazine rings is 1. The molecule has 0 bridgehead atoms. The predicted octanol–water partition coefficient (Wildman–Crippen LogP) is -0.225. The van der Waals surface area contributed by atoms with Gasteiger partial charge in [0.25, 0.3) is 10.2 Å². The van der Waals surface area contributed by atoms with Gasteiger partial charge in [0.05, 0.1) is 18.2 Å². The van der Waals surface area contributed by atoms with Gasteiger partial charge in [-0.2, -0.15) is 17.0 Å². The van der Waals surface area contributed by atoms with E-state index in [9.17, 15) is 13.2 Å². The summed E-state index contributed by atoms with van der Waals surface area (Å²) in [6.07, 6.45) is 2.88. The van der Waals surface area contributed by atoms with Crippen LogP contribution in [0.3, 0.4) is 0 Å². The summed E-state index contributed by atoms with van der Waals surface area (Å²) in [5, 5.41) is 2.69. The van der Waals surface area contributed by atoms with E-state index in [0.717, 1.165) is 0 Å². The van der Waals surface area contributed by atoms with Crippen LogP contribution in [0.15, 0.2) is 18.5 Å². The Bertz CT molecular complexity index is 759. The van der Waals surface area contributed by atoms with Gasteiger partial charge in [-0.3, -0.25) is 15.0 Å². The number of aromatic nitrogens is 2. The normalized spacial score (nSPS) is 26.7. The SMILES string of the molecule is C[C@@H]1CN(S(=O)(=O)N2CCN([C@H](C)C(=O)Nc3ncccn3)CC2)C[C@@H](C)O1. The van der Waals surface area contributed by atoms with Gasteiger partial charge >= 0.3 is 0 Å². The molecule has 0 radical (unpaired) electrons. The quantitative estimate of drug-likeness (QED) is 0.712. The third-order valence-electron chi connectivity index (χ3n) is 5.04. The zero-order chi connectivity index (χ0) is 20.3. The summed E-state index contributed by atoms with van der Waals surface area (Å²) in [5.74, 6) is 0.0504. The van der Waals surface area contributed by atoms with E-state index in [4.69, 9.17) is 4.74 Å². The standard InChI is InChI=1S/C17H28N6O4S/c1-13-11-23(12-14(2)27-13)28(25,26)22-9-7-21(8-10-22)15(3)16(24)20-17-18-5-4-6-19-17/h4-6,13-15H,7-12H2,1-3H3,(H,18,19,20,24)/t13-,14-,15-/m1/s1. The third kappa shape index (κ3) is 4.84. The van der Waals surface area contributed by atoms with Crippen molar-refractivity contribution in [1.82, 2.24) is 23.5 Å². The van der Waals surface area contributed by atoms with Crippen LogP contribution in [-0.2, 0) is 19.7 Å². The van der Waals surface area contributed by atoms with E-state index < -0.39 is 16.3 Å². The summed E-state index contributed by atoms with van der Waals surface area (Å²) in [6, 6.07) is 1.27. The zero-order valence-corrected chi connectivity index (χ0v) is 17.3. The van der Waals surface area contributed by atoms with Gasteiger partial charge in [-0.15, -0.1) is 0 Å². The van der Waals surface area contributed by atoms with Crippen LogP contribution in [0.5, 0.6) is 0 Å². The number of morpholine rings is 1. The van der Waals surface area contributed by atoms with Gasteiger partial charge in [0.2, 0.25) is 11.9 Å². The van der Waals surface area contributed by atoms with Crippen LogP contribution in [0.4, 0.5) is 5.95 Å². The van der Waals surface area contributed by atoms with Gasteiger partial charge in [-0.25, -0.2) is 9.97 Å². The highest BCUT2D eigenvalue weighted by molar-refractivity contribution is 7.86. The summed E-state index contributed by atoms with van der Waals surface area (Å²) in [7, 11) is -3.53. The fraction of sp³-hybridized carbons (Fsp3) is 0.706. The second-order valence-corrected chi connectivity index (χ2v) is 9.18. The first-order valence-electron chi connectivity index (χ1n) is 9.50. The average Bonchev–Trinajstić information content (AvgIpc) is 2.67. The maximum atomic E-state index is 13.0. The minimum Gasteiger partial charge on any atom is -0.373 e. The van der Waals surface area contributed by atoms with Crippen LogP contribution in [0.2, 0.25) is 0 Å². The Balaban J connectivity index is 1.55. The Morgan fingerprint density at radius 2 is 1.68 bits per heavy atom. The number of nitrogens with zero attached hydrogens (tertiary/aromatic N) is 5. The highest BCUT2D eigenvalue weighted by atomic mass is 32.2. The summed E-state index contributed by atoms with van der Waals surface area (Å²) < 4.78 is 34.6. The topological polar surface area (TPSA) is 108 Å². The Labute approximate surface area is 166 Å². The predicted molar refractivity (Wildman–Crippen MR) is 104 cm³/mol. The molecular formula is C17H28N6O4S. The molecule has 1 amide bonds. The molecule has 156 valence electrons. The maximum Gasteiger partial charge on any atom is 0.282 e. The molecule has 2 aliphatic heterocycles. The number of carbonyl (C=O) groups excluding carboxylic acids is 1. The minimum absolute atomic E-state index is 0.122. The molecule has 2 fully saturated rings. The lowest BCUT2D eigenvalue weighted by molar-refractivity contribution is -0.121. The molecule has 0 spiro atoms. The van der Waals surface area contributed by atoms with E-state index in [0.29, 0.717) is 39.3 Å². The highest BCUT2D eigenvalue weighted by Gasteiger charge is 2.37. The molecule has 1 aromatic heterocycles. The number of hydrogen-bond acceptors (Lipinski definition) is 7. The van der Waals surface area contributed by atoms with Crippen LogP contribution >= 0.6 is 0 Å². The Morgan fingerprint density at radius 3 is 2.25 bits per heavy atom. The van der Waals surface area contributed by atoms with E-state index >= 15 is 0 Å². The molecule has 2 saturated heterocycles. The Kier molecular flexibility index (Phi) is 6.61. The number of hydrogen-bond donors (Lipinski definition) is 1. The molecule has 3 rings (SSSR count). The molecule has 1 N–H and O–H groups in total. The number of anilines is 1. The first-order valence-corrected chi connectivity index (χ1v) is 10.9. The van der Waals surface area contributed by atoms with Gasteiger partial charge in [0.15, 0.2) is 0 Å². The van der Waals surface area contributed by atoms with E-state index in [1.807, 2.05) is 18.7 Å². The summed E-state index contributed by atoms with van der Waals surface area (Å²) in [6.45, 7) is 7.96. The maximum absolute atomic E-state index is 13.0. The fourth-order valence-electron chi connectivity index (χ4n) is 3.55. The Hall–Kier alpha value is -1.66. The van der Waals surface area contributed by atoms with Gasteiger partial charge in [0.1, 0.15) is 0 Å². The summed E-state index contributed by atoms with van der Waals surface area (Å²) in [5.41, 5.74) is 0. The van der Waals surface area contributed by atoms with Gasteiger partial charge in [-0.1, -0.05) is 0 Å². The molecule has 28 heavy (non-hydrogen) atoms. The monoisotopic (exact) mass is 412 g/mol. The molecular weight excluding hydrogens is 384 g/mol. The van der Waals surface area contributed by atoms with Crippen molar-refractivity contribution < 1.29 is 17.9 Å². The van der Waals surface area contributed by atoms with Crippen LogP contribution in [0.25, 0.3) is 0 Å². The largest absolute Gasteiger partial charge is 0.373 e. The lowest BCUT2D eigenvalue weighted by Gasteiger charge is -2.41. The van der Waals surface area contributed by atoms with Crippen LogP contribution in [-0.4, -0.2) is 95.3 Å². The number of carbonyl (C=O) groups is 1. The second kappa shape index (κ2) is 8.78. The van der Waals surface area contributed by atoms with Crippen molar-refractivity contribution in [3.63, 3.8) is 0 Å². The third-order valence-corrected chi connectivity index (χ3v) is 7.01. The molecule has 3 atom stereocenters. The van der Waals surface area contributed by atoms with Gasteiger partial charge in [-0.05, 0) is 26.8 Å². The lowest BCUT2D eigenvalue weighted by Crippen LogP contribution is -2.58. The number of rotatable bonds is 5. The number of ether oxygens (including phenoxy) is 1.